The smallest absolute Gasteiger partial charge is 0.268 e. The van der Waals surface area contributed by atoms with Crippen molar-refractivity contribution >= 4 is 15.9 Å². The number of sulfonamides is 1. The van der Waals surface area contributed by atoms with Crippen LogP contribution in [0.1, 0.15) is 24.3 Å². The summed E-state index contributed by atoms with van der Waals surface area (Å²) in [6.07, 6.45) is 1.14. The van der Waals surface area contributed by atoms with Crippen LogP contribution >= 0.6 is 0 Å². The Labute approximate surface area is 165 Å². The van der Waals surface area contributed by atoms with Crippen molar-refractivity contribution in [3.05, 3.63) is 42.2 Å². The Hall–Kier alpha value is -2.52. The average molecular weight is 407 g/mol. The van der Waals surface area contributed by atoms with Gasteiger partial charge in [-0.15, -0.1) is 0 Å². The third-order valence-electron chi connectivity index (χ3n) is 4.61. The molecular formula is C19H25N3O5S. The summed E-state index contributed by atoms with van der Waals surface area (Å²) in [5.41, 5.74) is 0.267. The minimum Gasteiger partial charge on any atom is -0.486 e. The topological polar surface area (TPSA) is 89.9 Å². The Morgan fingerprint density at radius 2 is 1.93 bits per heavy atom. The predicted octanol–water partition coefficient (Wildman–Crippen LogP) is 1.63. The third kappa shape index (κ3) is 4.00. The first-order valence-corrected chi connectivity index (χ1v) is 10.6. The van der Waals surface area contributed by atoms with E-state index in [0.29, 0.717) is 31.2 Å². The number of carbonyl (C=O) groups excluding carboxylic acids is 1. The maximum atomic E-state index is 12.6. The van der Waals surface area contributed by atoms with E-state index in [-0.39, 0.29) is 29.1 Å². The lowest BCUT2D eigenvalue weighted by atomic mass is 10.2. The number of amides is 1. The number of nitrogens with one attached hydrogen (secondary N) is 1. The zero-order valence-electron chi connectivity index (χ0n) is 16.2. The second-order valence-electron chi connectivity index (χ2n) is 6.47. The first kappa shape index (κ1) is 20.2. The van der Waals surface area contributed by atoms with E-state index >= 15 is 0 Å². The summed E-state index contributed by atoms with van der Waals surface area (Å²) in [6.45, 7) is 4.87. The van der Waals surface area contributed by atoms with E-state index < -0.39 is 10.0 Å². The third-order valence-corrected chi connectivity index (χ3v) is 6.63. The summed E-state index contributed by atoms with van der Waals surface area (Å²) < 4.78 is 39.6. The molecule has 0 radical (unpaired) electrons. The number of carbonyl (C=O) groups is 1. The highest BCUT2D eigenvalue weighted by Crippen LogP contribution is 2.30. The fourth-order valence-electron chi connectivity index (χ4n) is 3.07. The lowest BCUT2D eigenvalue weighted by Crippen LogP contribution is -2.41. The van der Waals surface area contributed by atoms with Crippen LogP contribution in [0.3, 0.4) is 0 Å². The standard InChI is InChI=1S/C19H25N3O5S/c1-4-22(5-2)28(24,25)15-10-16(21(3)12-15)19(23)20-11-14-13-26-17-8-6-7-9-18(17)27-14/h6-10,12,14H,4-5,11,13H2,1-3H3,(H,20,23)/t14-/m0/s1. The second kappa shape index (κ2) is 8.24. The van der Waals surface area contributed by atoms with Gasteiger partial charge in [-0.05, 0) is 18.2 Å². The largest absolute Gasteiger partial charge is 0.486 e. The molecule has 28 heavy (non-hydrogen) atoms. The van der Waals surface area contributed by atoms with Gasteiger partial charge in [0, 0.05) is 26.3 Å². The summed E-state index contributed by atoms with van der Waals surface area (Å²) in [7, 11) is -1.97. The van der Waals surface area contributed by atoms with Gasteiger partial charge in [0.1, 0.15) is 23.3 Å². The molecule has 0 saturated heterocycles. The van der Waals surface area contributed by atoms with Gasteiger partial charge in [0.05, 0.1) is 6.54 Å². The summed E-state index contributed by atoms with van der Waals surface area (Å²) >= 11 is 0. The molecule has 1 aliphatic rings. The molecule has 0 bridgehead atoms. The molecule has 152 valence electrons. The number of ether oxygens (including phenoxy) is 2. The number of fused-ring (bicyclic) bond motifs is 1. The van der Waals surface area contributed by atoms with Crippen molar-refractivity contribution < 1.29 is 22.7 Å². The van der Waals surface area contributed by atoms with Crippen LogP contribution in [0.25, 0.3) is 0 Å². The van der Waals surface area contributed by atoms with Gasteiger partial charge in [0.2, 0.25) is 10.0 Å². The molecule has 1 amide bonds. The first-order valence-electron chi connectivity index (χ1n) is 9.20. The van der Waals surface area contributed by atoms with Crippen molar-refractivity contribution in [2.75, 3.05) is 26.2 Å². The van der Waals surface area contributed by atoms with Crippen LogP contribution in [0.2, 0.25) is 0 Å². The number of para-hydroxylation sites is 2. The molecule has 2 aromatic rings. The van der Waals surface area contributed by atoms with Gasteiger partial charge in [0.25, 0.3) is 5.91 Å². The highest BCUT2D eigenvalue weighted by molar-refractivity contribution is 7.89. The molecule has 1 N–H and O–H groups in total. The highest BCUT2D eigenvalue weighted by atomic mass is 32.2. The van der Waals surface area contributed by atoms with Gasteiger partial charge in [-0.3, -0.25) is 4.79 Å². The van der Waals surface area contributed by atoms with Crippen LogP contribution in [0.4, 0.5) is 0 Å². The highest BCUT2D eigenvalue weighted by Gasteiger charge is 2.26. The van der Waals surface area contributed by atoms with Crippen molar-refractivity contribution in [1.82, 2.24) is 14.2 Å². The van der Waals surface area contributed by atoms with E-state index in [1.807, 2.05) is 24.3 Å². The molecule has 0 unspecified atom stereocenters. The van der Waals surface area contributed by atoms with Crippen molar-refractivity contribution in [3.8, 4) is 11.5 Å². The molecule has 2 heterocycles. The van der Waals surface area contributed by atoms with Gasteiger partial charge in [-0.2, -0.15) is 4.31 Å². The Bertz CT molecular complexity index is 950. The summed E-state index contributed by atoms with van der Waals surface area (Å²) in [4.78, 5) is 12.7. The average Bonchev–Trinajstić information content (AvgIpc) is 3.09. The molecule has 3 rings (SSSR count). The number of hydrogen-bond donors (Lipinski definition) is 1. The summed E-state index contributed by atoms with van der Waals surface area (Å²) in [5.74, 6) is 0.948. The van der Waals surface area contributed by atoms with Crippen LogP contribution in [0.15, 0.2) is 41.4 Å². The molecule has 0 aliphatic carbocycles. The SMILES string of the molecule is CCN(CC)S(=O)(=O)c1cc(C(=O)NC[C@H]2COc3ccccc3O2)n(C)c1. The molecule has 8 nitrogen and oxygen atoms in total. The number of hydrogen-bond acceptors (Lipinski definition) is 5. The minimum absolute atomic E-state index is 0.107. The normalized spacial score (nSPS) is 16.2. The van der Waals surface area contributed by atoms with E-state index in [1.165, 1.54) is 21.1 Å². The lowest BCUT2D eigenvalue weighted by Gasteiger charge is -2.26. The molecule has 0 saturated carbocycles. The van der Waals surface area contributed by atoms with E-state index in [0.717, 1.165) is 0 Å². The van der Waals surface area contributed by atoms with E-state index in [2.05, 4.69) is 5.32 Å². The van der Waals surface area contributed by atoms with Gasteiger partial charge < -0.3 is 19.4 Å². The van der Waals surface area contributed by atoms with Crippen LogP contribution in [0, 0.1) is 0 Å². The molecule has 1 aromatic carbocycles. The number of aryl methyl sites for hydroxylation is 1. The molecule has 1 aliphatic heterocycles. The molecule has 9 heteroatoms. The summed E-state index contributed by atoms with van der Waals surface area (Å²) in [6, 6.07) is 8.75. The molecule has 1 atom stereocenters. The monoisotopic (exact) mass is 407 g/mol. The van der Waals surface area contributed by atoms with Gasteiger partial charge in [0.15, 0.2) is 11.5 Å². The Morgan fingerprint density at radius 3 is 2.61 bits per heavy atom. The van der Waals surface area contributed by atoms with E-state index in [9.17, 15) is 13.2 Å². The molecular weight excluding hydrogens is 382 g/mol. The van der Waals surface area contributed by atoms with E-state index in [1.54, 1.807) is 20.9 Å². The second-order valence-corrected chi connectivity index (χ2v) is 8.41. The predicted molar refractivity (Wildman–Crippen MR) is 104 cm³/mol. The number of aromatic nitrogens is 1. The van der Waals surface area contributed by atoms with Crippen molar-refractivity contribution in [2.45, 2.75) is 24.8 Å². The molecule has 0 spiro atoms. The zero-order chi connectivity index (χ0) is 20.3. The minimum atomic E-state index is -3.62. The zero-order valence-corrected chi connectivity index (χ0v) is 17.0. The summed E-state index contributed by atoms with van der Waals surface area (Å²) in [5, 5.41) is 2.79. The number of nitrogens with zero attached hydrogens (tertiary/aromatic N) is 2. The fraction of sp³-hybridized carbons (Fsp3) is 0.421. The fourth-order valence-corrected chi connectivity index (χ4v) is 4.60. The maximum absolute atomic E-state index is 12.6. The number of rotatable bonds is 7. The van der Waals surface area contributed by atoms with Gasteiger partial charge in [-0.1, -0.05) is 26.0 Å². The Kier molecular flexibility index (Phi) is 5.95. The Balaban J connectivity index is 1.66. The van der Waals surface area contributed by atoms with Crippen molar-refractivity contribution in [2.24, 2.45) is 7.05 Å². The van der Waals surface area contributed by atoms with Crippen LogP contribution < -0.4 is 14.8 Å². The van der Waals surface area contributed by atoms with Crippen LogP contribution in [0.5, 0.6) is 11.5 Å². The molecule has 0 fully saturated rings. The lowest BCUT2D eigenvalue weighted by molar-refractivity contribution is 0.0784. The van der Waals surface area contributed by atoms with E-state index in [4.69, 9.17) is 9.47 Å². The van der Waals surface area contributed by atoms with Crippen molar-refractivity contribution in [3.63, 3.8) is 0 Å². The van der Waals surface area contributed by atoms with Crippen LogP contribution in [-0.4, -0.2) is 55.5 Å². The maximum Gasteiger partial charge on any atom is 0.268 e. The first-order chi connectivity index (χ1) is 13.4. The molecule has 1 aromatic heterocycles. The van der Waals surface area contributed by atoms with Crippen LogP contribution in [-0.2, 0) is 17.1 Å². The Morgan fingerprint density at radius 1 is 1.25 bits per heavy atom. The van der Waals surface area contributed by atoms with Gasteiger partial charge >= 0.3 is 0 Å². The number of benzene rings is 1. The van der Waals surface area contributed by atoms with Crippen molar-refractivity contribution in [1.29, 1.82) is 0 Å². The quantitative estimate of drug-likeness (QED) is 0.753. The van der Waals surface area contributed by atoms with Gasteiger partial charge in [-0.25, -0.2) is 8.42 Å².